The number of ketones is 3. The number of Topliss-reactive ketones (excluding diaryl/α,β-unsaturated/α-hetero) is 3. The summed E-state index contributed by atoms with van der Waals surface area (Å²) in [6.07, 6.45) is -0.501. The van der Waals surface area contributed by atoms with Gasteiger partial charge in [0.2, 0.25) is 22.4 Å². The van der Waals surface area contributed by atoms with Gasteiger partial charge in [-0.05, 0) is 5.57 Å². The van der Waals surface area contributed by atoms with Gasteiger partial charge >= 0.3 is 0 Å². The van der Waals surface area contributed by atoms with Crippen LogP contribution in [0.25, 0.3) is 11.1 Å². The first-order chi connectivity index (χ1) is 8.86. The molecule has 0 spiro atoms. The van der Waals surface area contributed by atoms with E-state index in [0.717, 1.165) is 0 Å². The van der Waals surface area contributed by atoms with Crippen molar-refractivity contribution in [1.82, 2.24) is 0 Å². The highest BCUT2D eigenvalue weighted by molar-refractivity contribution is 6.77. The highest BCUT2D eigenvalue weighted by atomic mass is 16.2. The Hall–Kier alpha value is -2.83. The summed E-state index contributed by atoms with van der Waals surface area (Å²) in [5.74, 6) is -3.48. The number of fused-ring (bicyclic) bond motifs is 3. The highest BCUT2D eigenvalue weighted by Crippen LogP contribution is 2.41. The molecule has 0 saturated carbocycles. The third-order valence-electron chi connectivity index (χ3n) is 3.20. The van der Waals surface area contributed by atoms with E-state index in [1.54, 1.807) is 0 Å². The molecule has 19 heavy (non-hydrogen) atoms. The van der Waals surface area contributed by atoms with Gasteiger partial charge in [0.15, 0.2) is 0 Å². The molecular formula is C12H2O7. The van der Waals surface area contributed by atoms with Crippen molar-refractivity contribution in [3.05, 3.63) is 52.0 Å². The first-order valence-corrected chi connectivity index (χ1v) is 5.14. The zero-order chi connectivity index (χ0) is 14.1. The molecule has 7 nitrogen and oxygen atoms in total. The minimum Gasteiger partial charge on any atom is -0.290 e. The summed E-state index contributed by atoms with van der Waals surface area (Å²) in [7, 11) is 0. The molecule has 0 aromatic heterocycles. The molecule has 3 rings (SSSR count). The molecule has 0 aliphatic heterocycles. The smallest absolute Gasteiger partial charge is 0.277 e. The zero-order valence-corrected chi connectivity index (χ0v) is 9.06. The number of hydrogen-bond donors (Lipinski definition) is 0. The minimum atomic E-state index is -1.52. The highest BCUT2D eigenvalue weighted by Gasteiger charge is 2.45. The lowest BCUT2D eigenvalue weighted by Gasteiger charge is -2.26. The molecule has 7 heteroatoms. The fourth-order valence-corrected chi connectivity index (χ4v) is 2.31. The molecule has 0 heterocycles. The Morgan fingerprint density at radius 1 is 0.579 bits per heavy atom. The van der Waals surface area contributed by atoms with Gasteiger partial charge < -0.3 is 0 Å². The van der Waals surface area contributed by atoms with Crippen LogP contribution >= 0.6 is 0 Å². The van der Waals surface area contributed by atoms with Gasteiger partial charge in [0.05, 0.1) is 0 Å². The van der Waals surface area contributed by atoms with E-state index in [9.17, 15) is 33.6 Å². The second kappa shape index (κ2) is 3.14. The number of rotatable bonds is 0. The van der Waals surface area contributed by atoms with Gasteiger partial charge in [-0.25, -0.2) is 0 Å². The molecule has 0 saturated heterocycles. The van der Waals surface area contributed by atoms with Crippen molar-refractivity contribution in [2.45, 2.75) is 6.42 Å². The van der Waals surface area contributed by atoms with Crippen LogP contribution in [0.5, 0.6) is 0 Å². The molecule has 1 aromatic carbocycles. The summed E-state index contributed by atoms with van der Waals surface area (Å²) in [5, 5.41) is 0. The second-order valence-electron chi connectivity index (χ2n) is 4.18. The van der Waals surface area contributed by atoms with Crippen LogP contribution in [0.4, 0.5) is 0 Å². The summed E-state index contributed by atoms with van der Waals surface area (Å²) in [4.78, 5) is 79.6. The molecule has 0 atom stereocenters. The summed E-state index contributed by atoms with van der Waals surface area (Å²) in [6, 6.07) is 0. The predicted molar refractivity (Wildman–Crippen MR) is 60.3 cm³/mol. The average molecular weight is 258 g/mol. The summed E-state index contributed by atoms with van der Waals surface area (Å²) >= 11 is 0. The lowest BCUT2D eigenvalue weighted by Crippen LogP contribution is -2.53. The van der Waals surface area contributed by atoms with Crippen LogP contribution in [0, 0.1) is 0 Å². The minimum absolute atomic E-state index is 0.0798. The Morgan fingerprint density at radius 3 is 1.68 bits per heavy atom. The SMILES string of the molecule is O=C1CC2=C(C(=O)C1=O)c1c2c(=O)c(=O)c(=O)c1=O. The largest absolute Gasteiger partial charge is 0.290 e. The lowest BCUT2D eigenvalue weighted by molar-refractivity contribution is -0.142. The van der Waals surface area contributed by atoms with E-state index in [1.165, 1.54) is 0 Å². The van der Waals surface area contributed by atoms with Gasteiger partial charge in [0, 0.05) is 23.1 Å². The third-order valence-corrected chi connectivity index (χ3v) is 3.20. The average Bonchev–Trinajstić information content (AvgIpc) is 2.36. The number of benzene rings is 1. The Bertz CT molecular complexity index is 952. The van der Waals surface area contributed by atoms with Crippen molar-refractivity contribution in [1.29, 1.82) is 0 Å². The number of carbonyl (C=O) groups excluding carboxylic acids is 3. The van der Waals surface area contributed by atoms with Gasteiger partial charge in [-0.3, -0.25) is 33.6 Å². The molecule has 0 fully saturated rings. The second-order valence-corrected chi connectivity index (χ2v) is 4.18. The van der Waals surface area contributed by atoms with E-state index in [2.05, 4.69) is 0 Å². The van der Waals surface area contributed by atoms with Gasteiger partial charge in [-0.15, -0.1) is 0 Å². The van der Waals surface area contributed by atoms with Crippen molar-refractivity contribution < 1.29 is 14.4 Å². The molecule has 2 aliphatic carbocycles. The third kappa shape index (κ3) is 1.09. The normalized spacial score (nSPS) is 17.2. The Kier molecular flexibility index (Phi) is 1.86. The van der Waals surface area contributed by atoms with Gasteiger partial charge in [-0.1, -0.05) is 0 Å². The quantitative estimate of drug-likeness (QED) is 0.465. The van der Waals surface area contributed by atoms with Gasteiger partial charge in [-0.2, -0.15) is 0 Å². The molecule has 0 bridgehead atoms. The summed E-state index contributed by atoms with van der Waals surface area (Å²) in [5.41, 5.74) is -6.77. The van der Waals surface area contributed by atoms with Crippen LogP contribution in [-0.2, 0) is 14.4 Å². The fraction of sp³-hybridized carbons (Fsp3) is 0.0833. The van der Waals surface area contributed by atoms with Crippen molar-refractivity contribution in [2.75, 3.05) is 0 Å². The van der Waals surface area contributed by atoms with Gasteiger partial charge in [0.1, 0.15) is 0 Å². The van der Waals surface area contributed by atoms with Crippen LogP contribution in [0.1, 0.15) is 17.5 Å². The van der Waals surface area contributed by atoms with Crippen LogP contribution in [0.3, 0.4) is 0 Å². The number of hydrogen-bond acceptors (Lipinski definition) is 7. The Labute approximate surface area is 102 Å². The van der Waals surface area contributed by atoms with Crippen LogP contribution < -0.4 is 21.7 Å². The van der Waals surface area contributed by atoms with Crippen molar-refractivity contribution >= 4 is 28.5 Å². The number of carbonyl (C=O) groups is 3. The molecule has 1 aromatic rings. The molecule has 92 valence electrons. The maximum absolute atomic E-state index is 11.6. The van der Waals surface area contributed by atoms with E-state index in [1.807, 2.05) is 0 Å². The van der Waals surface area contributed by atoms with Crippen molar-refractivity contribution in [2.24, 2.45) is 0 Å². The van der Waals surface area contributed by atoms with Crippen LogP contribution in [0.15, 0.2) is 19.2 Å². The first-order valence-electron chi connectivity index (χ1n) is 5.14. The van der Waals surface area contributed by atoms with E-state index < -0.39 is 51.0 Å². The first kappa shape index (κ1) is 11.3. The molecule has 2 aliphatic rings. The standard InChI is InChI=1S/C12H2O7/c13-3-1-2-4(8(15)7(3)14)6-5(2)9(16)11(18)12(19)10(6)17/h1H2. The van der Waals surface area contributed by atoms with E-state index >= 15 is 0 Å². The Balaban J connectivity index is 2.46. The monoisotopic (exact) mass is 258 g/mol. The Morgan fingerprint density at radius 2 is 1.11 bits per heavy atom. The van der Waals surface area contributed by atoms with Crippen LogP contribution in [-0.4, -0.2) is 17.3 Å². The molecule has 0 radical (unpaired) electrons. The van der Waals surface area contributed by atoms with E-state index in [0.29, 0.717) is 0 Å². The van der Waals surface area contributed by atoms with Crippen molar-refractivity contribution in [3.8, 4) is 0 Å². The van der Waals surface area contributed by atoms with E-state index in [-0.39, 0.29) is 16.7 Å². The van der Waals surface area contributed by atoms with Crippen molar-refractivity contribution in [3.63, 3.8) is 0 Å². The zero-order valence-electron chi connectivity index (χ0n) is 9.06. The lowest BCUT2D eigenvalue weighted by atomic mass is 9.71. The molecule has 0 N–H and O–H groups in total. The topological polar surface area (TPSA) is 119 Å². The summed E-state index contributed by atoms with van der Waals surface area (Å²) in [6.45, 7) is 0. The molecule has 0 amide bonds. The molecule has 0 unspecified atom stereocenters. The van der Waals surface area contributed by atoms with Gasteiger partial charge in [0.25, 0.3) is 16.6 Å². The fourth-order valence-electron chi connectivity index (χ4n) is 2.31. The predicted octanol–water partition coefficient (Wildman–Crippen LogP) is -2.66. The number of allylic oxidation sites excluding steroid dienone is 2. The maximum Gasteiger partial charge on any atom is 0.277 e. The maximum atomic E-state index is 11.6. The van der Waals surface area contributed by atoms with E-state index in [4.69, 9.17) is 0 Å². The molecular weight excluding hydrogens is 256 g/mol. The van der Waals surface area contributed by atoms with Crippen LogP contribution in [0.2, 0.25) is 0 Å². The summed E-state index contributed by atoms with van der Waals surface area (Å²) < 4.78 is 0.